The van der Waals surface area contributed by atoms with Crippen molar-refractivity contribution in [2.45, 2.75) is 38.0 Å². The van der Waals surface area contributed by atoms with Crippen LogP contribution in [-0.2, 0) is 4.79 Å². The molecule has 7 heteroatoms. The first kappa shape index (κ1) is 25.0. The first-order valence-electron chi connectivity index (χ1n) is 12.2. The van der Waals surface area contributed by atoms with Crippen LogP contribution >= 0.6 is 0 Å². The lowest BCUT2D eigenvalue weighted by Crippen LogP contribution is -2.44. The number of nitrogens with zero attached hydrogens (tertiary/aromatic N) is 2. The highest BCUT2D eigenvalue weighted by molar-refractivity contribution is 5.83. The summed E-state index contributed by atoms with van der Waals surface area (Å²) in [6.45, 7) is 1.57. The van der Waals surface area contributed by atoms with Crippen molar-refractivity contribution in [2.75, 3.05) is 26.7 Å². The molecule has 2 aromatic carbocycles. The number of methoxy groups -OCH3 is 1. The Balaban J connectivity index is 1.35. The van der Waals surface area contributed by atoms with Crippen LogP contribution in [0, 0.1) is 11.8 Å². The van der Waals surface area contributed by atoms with Crippen LogP contribution in [0.5, 0.6) is 5.75 Å². The molecule has 0 spiro atoms. The highest BCUT2D eigenvalue weighted by Gasteiger charge is 2.34. The van der Waals surface area contributed by atoms with E-state index in [4.69, 9.17) is 4.74 Å². The number of hydrogen-bond donors (Lipinski definition) is 1. The number of aromatic nitrogens is 1. The van der Waals surface area contributed by atoms with Crippen LogP contribution in [0.1, 0.15) is 49.2 Å². The molecule has 1 fully saturated rings. The highest BCUT2D eigenvalue weighted by Crippen LogP contribution is 2.35. The van der Waals surface area contributed by atoms with Gasteiger partial charge in [0.05, 0.1) is 18.5 Å². The second-order valence-corrected chi connectivity index (χ2v) is 9.29. The molecule has 1 N–H and O–H groups in total. The zero-order valence-corrected chi connectivity index (χ0v) is 19.9. The number of pyridine rings is 1. The summed E-state index contributed by atoms with van der Waals surface area (Å²) in [5.74, 6) is -0.922. The minimum absolute atomic E-state index is 0.111. The Labute approximate surface area is 204 Å². The van der Waals surface area contributed by atoms with E-state index in [-0.39, 0.29) is 12.3 Å². The molecule has 2 heterocycles. The lowest BCUT2D eigenvalue weighted by atomic mass is 9.81. The van der Waals surface area contributed by atoms with Gasteiger partial charge in [0.2, 0.25) is 0 Å². The van der Waals surface area contributed by atoms with Crippen molar-refractivity contribution in [3.8, 4) is 5.75 Å². The van der Waals surface area contributed by atoms with Gasteiger partial charge in [-0.15, -0.1) is 0 Å². The maximum absolute atomic E-state index is 15.4. The third kappa shape index (κ3) is 6.14. The lowest BCUT2D eigenvalue weighted by Gasteiger charge is -2.37. The third-order valence-corrected chi connectivity index (χ3v) is 7.13. The van der Waals surface area contributed by atoms with Crippen molar-refractivity contribution in [3.63, 3.8) is 0 Å². The summed E-state index contributed by atoms with van der Waals surface area (Å²) in [5.41, 5.74) is 1.89. The number of piperidine rings is 1. The maximum Gasteiger partial charge on any atom is 0.308 e. The largest absolute Gasteiger partial charge is 0.497 e. The lowest BCUT2D eigenvalue weighted by molar-refractivity contribution is -0.146. The fourth-order valence-corrected chi connectivity index (χ4v) is 5.08. The van der Waals surface area contributed by atoms with Crippen LogP contribution < -0.4 is 4.74 Å². The van der Waals surface area contributed by atoms with Crippen LogP contribution in [0.2, 0.25) is 0 Å². The number of carboxylic acids is 1. The average Bonchev–Trinajstić information content (AvgIpc) is 2.90. The zero-order valence-electron chi connectivity index (χ0n) is 19.9. The van der Waals surface area contributed by atoms with Gasteiger partial charge in [0, 0.05) is 24.7 Å². The van der Waals surface area contributed by atoms with Gasteiger partial charge in [0.1, 0.15) is 18.1 Å². The average molecular weight is 483 g/mol. The number of fused-ring (bicyclic) bond motifs is 1. The summed E-state index contributed by atoms with van der Waals surface area (Å²) in [6.07, 6.45) is 1.02. The van der Waals surface area contributed by atoms with Gasteiger partial charge in [-0.3, -0.25) is 9.78 Å². The molecule has 1 aliphatic rings. The minimum Gasteiger partial charge on any atom is -0.497 e. The summed E-state index contributed by atoms with van der Waals surface area (Å²) < 4.78 is 35.2. The quantitative estimate of drug-likeness (QED) is 0.375. The predicted molar refractivity (Wildman–Crippen MR) is 132 cm³/mol. The van der Waals surface area contributed by atoms with Gasteiger partial charge in [-0.1, -0.05) is 30.3 Å². The molecule has 1 aliphatic heterocycles. The third-order valence-electron chi connectivity index (χ3n) is 7.13. The smallest absolute Gasteiger partial charge is 0.308 e. The van der Waals surface area contributed by atoms with Crippen LogP contribution in [0.25, 0.3) is 10.9 Å². The number of carboxylic acid groups (broad SMARTS) is 1. The highest BCUT2D eigenvalue weighted by atomic mass is 19.1. The van der Waals surface area contributed by atoms with Gasteiger partial charge in [-0.05, 0) is 73.5 Å². The Hall–Kier alpha value is -3.06. The van der Waals surface area contributed by atoms with Crippen molar-refractivity contribution in [1.29, 1.82) is 0 Å². The van der Waals surface area contributed by atoms with E-state index in [0.717, 1.165) is 0 Å². The summed E-state index contributed by atoms with van der Waals surface area (Å²) >= 11 is 0. The Bertz CT molecular complexity index is 1130. The molecule has 5 nitrogen and oxygen atoms in total. The van der Waals surface area contributed by atoms with Crippen molar-refractivity contribution in [2.24, 2.45) is 11.8 Å². The van der Waals surface area contributed by atoms with Crippen molar-refractivity contribution < 1.29 is 23.4 Å². The standard InChI is InChI=1S/C28H32F2N2O3/c1-35-21-8-10-27-23(17-21)22(11-14-31-27)26(30)9-7-19-12-15-32(18-24(19)28(33)34)16-13-25(29)20-5-3-2-4-6-20/h2-6,8,10-11,14,17,19,24-26H,7,9,12-13,15-16,18H2,1H3,(H,33,34)/t19-,24+,25?,26+/m1/s1. The summed E-state index contributed by atoms with van der Waals surface area (Å²) in [6, 6.07) is 16.1. The maximum atomic E-state index is 15.4. The van der Waals surface area contributed by atoms with E-state index in [9.17, 15) is 14.3 Å². The summed E-state index contributed by atoms with van der Waals surface area (Å²) in [4.78, 5) is 18.4. The van der Waals surface area contributed by atoms with Crippen molar-refractivity contribution in [3.05, 3.63) is 71.9 Å². The monoisotopic (exact) mass is 482 g/mol. The van der Waals surface area contributed by atoms with Crippen molar-refractivity contribution in [1.82, 2.24) is 9.88 Å². The molecule has 0 bridgehead atoms. The Morgan fingerprint density at radius 3 is 2.69 bits per heavy atom. The number of likely N-dealkylation sites (tertiary alicyclic amines) is 1. The fourth-order valence-electron chi connectivity index (χ4n) is 5.08. The van der Waals surface area contributed by atoms with Crippen LogP contribution in [-0.4, -0.2) is 47.7 Å². The van der Waals surface area contributed by atoms with E-state index >= 15 is 4.39 Å². The Morgan fingerprint density at radius 2 is 1.94 bits per heavy atom. The molecule has 0 aliphatic carbocycles. The minimum atomic E-state index is -1.22. The zero-order chi connectivity index (χ0) is 24.8. The number of hydrogen-bond acceptors (Lipinski definition) is 4. The molecule has 186 valence electrons. The van der Waals surface area contributed by atoms with Gasteiger partial charge >= 0.3 is 5.97 Å². The molecule has 1 aromatic heterocycles. The fraction of sp³-hybridized carbons (Fsp3) is 0.429. The van der Waals surface area contributed by atoms with Gasteiger partial charge < -0.3 is 14.7 Å². The molecule has 3 aromatic rings. The number of benzene rings is 2. The molecular formula is C28H32F2N2O3. The van der Waals surface area contributed by atoms with E-state index < -0.39 is 24.2 Å². The molecule has 0 amide bonds. The van der Waals surface area contributed by atoms with E-state index in [1.807, 2.05) is 23.1 Å². The molecular weight excluding hydrogens is 450 g/mol. The molecule has 35 heavy (non-hydrogen) atoms. The number of halogens is 2. The first-order valence-corrected chi connectivity index (χ1v) is 12.2. The molecule has 4 atom stereocenters. The number of aliphatic carboxylic acids is 1. The molecule has 1 unspecified atom stereocenters. The van der Waals surface area contributed by atoms with E-state index in [1.54, 1.807) is 49.7 Å². The van der Waals surface area contributed by atoms with Crippen LogP contribution in [0.15, 0.2) is 60.8 Å². The van der Waals surface area contributed by atoms with E-state index in [2.05, 4.69) is 4.98 Å². The molecule has 1 saturated heterocycles. The molecule has 0 radical (unpaired) electrons. The second-order valence-electron chi connectivity index (χ2n) is 9.29. The van der Waals surface area contributed by atoms with E-state index in [0.29, 0.717) is 66.7 Å². The van der Waals surface area contributed by atoms with Gasteiger partial charge in [0.15, 0.2) is 0 Å². The Morgan fingerprint density at radius 1 is 1.14 bits per heavy atom. The summed E-state index contributed by atoms with van der Waals surface area (Å²) in [7, 11) is 1.57. The predicted octanol–water partition coefficient (Wildman–Crippen LogP) is 6.16. The Kier molecular flexibility index (Phi) is 8.29. The van der Waals surface area contributed by atoms with E-state index in [1.165, 1.54) is 0 Å². The van der Waals surface area contributed by atoms with Gasteiger partial charge in [-0.2, -0.15) is 0 Å². The number of rotatable bonds is 10. The molecule has 4 rings (SSSR count). The number of ether oxygens (including phenoxy) is 1. The second kappa shape index (κ2) is 11.6. The first-order chi connectivity index (χ1) is 17.0. The van der Waals surface area contributed by atoms with Gasteiger partial charge in [0.25, 0.3) is 0 Å². The topological polar surface area (TPSA) is 62.7 Å². The number of carbonyl (C=O) groups is 1. The van der Waals surface area contributed by atoms with Crippen LogP contribution in [0.4, 0.5) is 8.78 Å². The number of alkyl halides is 2. The van der Waals surface area contributed by atoms with Crippen LogP contribution in [0.3, 0.4) is 0 Å². The normalized spacial score (nSPS) is 20.4. The van der Waals surface area contributed by atoms with Gasteiger partial charge in [-0.25, -0.2) is 8.78 Å². The SMILES string of the molecule is COc1ccc2nccc([C@@H](F)CC[C@@H]3CCN(CCC(F)c4ccccc4)C[C@@H]3C(=O)O)c2c1. The molecule has 0 saturated carbocycles. The van der Waals surface area contributed by atoms with Crippen molar-refractivity contribution >= 4 is 16.9 Å². The summed E-state index contributed by atoms with van der Waals surface area (Å²) in [5, 5.41) is 10.6.